The zero-order valence-electron chi connectivity index (χ0n) is 11.7. The fourth-order valence-electron chi connectivity index (χ4n) is 1.86. The summed E-state index contributed by atoms with van der Waals surface area (Å²) in [5, 5.41) is 11.6. The molecule has 0 amide bonds. The lowest BCUT2D eigenvalue weighted by atomic mass is 10.1. The molecule has 2 aromatic rings. The summed E-state index contributed by atoms with van der Waals surface area (Å²) in [4.78, 5) is 24.3. The van der Waals surface area contributed by atoms with Gasteiger partial charge in [0.1, 0.15) is 11.3 Å². The van der Waals surface area contributed by atoms with E-state index in [0.29, 0.717) is 18.4 Å². The van der Waals surface area contributed by atoms with E-state index < -0.39 is 5.97 Å². The molecule has 2 rings (SSSR count). The first-order valence-corrected chi connectivity index (χ1v) is 7.50. The standard InChI is InChI=1S/C16H16O4S/c1-11-5-2-6-12(15(11)18)16(19)20-9-3-7-13(17)14-8-4-10-21-14/h2,4-6,8,10,18H,3,7,9H2,1H3. The Morgan fingerprint density at radius 1 is 1.24 bits per heavy atom. The highest BCUT2D eigenvalue weighted by Gasteiger charge is 2.14. The van der Waals surface area contributed by atoms with Crippen LogP contribution in [0.4, 0.5) is 0 Å². The fourth-order valence-corrected chi connectivity index (χ4v) is 2.55. The number of thiophene rings is 1. The Morgan fingerprint density at radius 2 is 2.05 bits per heavy atom. The summed E-state index contributed by atoms with van der Waals surface area (Å²) in [5.41, 5.74) is 0.775. The Kier molecular flexibility index (Phi) is 5.11. The third kappa shape index (κ3) is 3.92. The molecule has 0 atom stereocenters. The maximum atomic E-state index is 11.8. The van der Waals surface area contributed by atoms with Gasteiger partial charge in [-0.25, -0.2) is 4.79 Å². The second-order valence-corrected chi connectivity index (χ2v) is 5.56. The van der Waals surface area contributed by atoms with Crippen LogP contribution in [0.15, 0.2) is 35.7 Å². The van der Waals surface area contributed by atoms with Crippen molar-refractivity contribution in [2.24, 2.45) is 0 Å². The van der Waals surface area contributed by atoms with Gasteiger partial charge < -0.3 is 9.84 Å². The molecule has 1 heterocycles. The van der Waals surface area contributed by atoms with E-state index in [4.69, 9.17) is 4.74 Å². The van der Waals surface area contributed by atoms with Crippen LogP contribution in [0.25, 0.3) is 0 Å². The number of aryl methyl sites for hydroxylation is 1. The molecule has 1 N–H and O–H groups in total. The van der Waals surface area contributed by atoms with E-state index in [9.17, 15) is 14.7 Å². The Morgan fingerprint density at radius 3 is 2.76 bits per heavy atom. The molecule has 0 saturated carbocycles. The van der Waals surface area contributed by atoms with Crippen LogP contribution in [0.2, 0.25) is 0 Å². The van der Waals surface area contributed by atoms with Crippen LogP contribution in [0.5, 0.6) is 5.75 Å². The summed E-state index contributed by atoms with van der Waals surface area (Å²) in [7, 11) is 0. The van der Waals surface area contributed by atoms with Crippen LogP contribution >= 0.6 is 11.3 Å². The maximum absolute atomic E-state index is 11.8. The Balaban J connectivity index is 1.80. The molecule has 0 bridgehead atoms. The number of ether oxygens (including phenoxy) is 1. The van der Waals surface area contributed by atoms with Crippen molar-refractivity contribution >= 4 is 23.1 Å². The number of ketones is 1. The molecule has 0 aliphatic rings. The number of hydrogen-bond acceptors (Lipinski definition) is 5. The minimum Gasteiger partial charge on any atom is -0.507 e. The SMILES string of the molecule is Cc1cccc(C(=O)OCCCC(=O)c2cccs2)c1O. The molecule has 0 spiro atoms. The summed E-state index contributed by atoms with van der Waals surface area (Å²) in [5.74, 6) is -0.573. The Bertz CT molecular complexity index is 632. The molecule has 0 radical (unpaired) electrons. The van der Waals surface area contributed by atoms with Crippen molar-refractivity contribution in [3.05, 3.63) is 51.7 Å². The highest BCUT2D eigenvalue weighted by atomic mass is 32.1. The van der Waals surface area contributed by atoms with Crippen molar-refractivity contribution in [3.8, 4) is 5.75 Å². The predicted octanol–water partition coefficient (Wildman–Crippen LogP) is 3.58. The van der Waals surface area contributed by atoms with Gasteiger partial charge in [0.15, 0.2) is 5.78 Å². The van der Waals surface area contributed by atoms with Crippen LogP contribution in [0.1, 0.15) is 38.4 Å². The molecule has 0 saturated heterocycles. The van der Waals surface area contributed by atoms with E-state index in [1.165, 1.54) is 17.4 Å². The quantitative estimate of drug-likeness (QED) is 0.503. The Hall–Kier alpha value is -2.14. The molecule has 1 aromatic carbocycles. The molecule has 0 unspecified atom stereocenters. The van der Waals surface area contributed by atoms with Crippen LogP contribution in [-0.2, 0) is 4.74 Å². The number of carbonyl (C=O) groups is 2. The molecule has 21 heavy (non-hydrogen) atoms. The van der Waals surface area contributed by atoms with E-state index in [2.05, 4.69) is 0 Å². The number of rotatable bonds is 6. The number of hydrogen-bond donors (Lipinski definition) is 1. The molecular weight excluding hydrogens is 288 g/mol. The molecule has 0 aliphatic carbocycles. The van der Waals surface area contributed by atoms with Crippen LogP contribution < -0.4 is 0 Å². The number of para-hydroxylation sites is 1. The van der Waals surface area contributed by atoms with Gasteiger partial charge in [-0.3, -0.25) is 4.79 Å². The predicted molar refractivity (Wildman–Crippen MR) is 81.0 cm³/mol. The van der Waals surface area contributed by atoms with E-state index in [-0.39, 0.29) is 23.7 Å². The number of aromatic hydroxyl groups is 1. The number of esters is 1. The van der Waals surface area contributed by atoms with Gasteiger partial charge in [-0.2, -0.15) is 0 Å². The first-order valence-electron chi connectivity index (χ1n) is 6.62. The van der Waals surface area contributed by atoms with Gasteiger partial charge in [0.05, 0.1) is 11.5 Å². The molecule has 5 heteroatoms. The number of benzene rings is 1. The molecule has 0 aliphatic heterocycles. The van der Waals surface area contributed by atoms with Crippen molar-refractivity contribution in [2.45, 2.75) is 19.8 Å². The number of Topliss-reactive ketones (excluding diaryl/α,β-unsaturated/α-hetero) is 1. The first-order chi connectivity index (χ1) is 10.1. The number of phenols is 1. The van der Waals surface area contributed by atoms with Crippen molar-refractivity contribution in [3.63, 3.8) is 0 Å². The van der Waals surface area contributed by atoms with Gasteiger partial charge in [0.25, 0.3) is 0 Å². The monoisotopic (exact) mass is 304 g/mol. The second kappa shape index (κ2) is 7.04. The van der Waals surface area contributed by atoms with Gasteiger partial charge in [-0.15, -0.1) is 11.3 Å². The van der Waals surface area contributed by atoms with Gasteiger partial charge in [-0.1, -0.05) is 18.2 Å². The van der Waals surface area contributed by atoms with E-state index in [0.717, 1.165) is 4.88 Å². The van der Waals surface area contributed by atoms with Crippen molar-refractivity contribution in [1.82, 2.24) is 0 Å². The summed E-state index contributed by atoms with van der Waals surface area (Å²) in [6, 6.07) is 8.53. The number of carbonyl (C=O) groups excluding carboxylic acids is 2. The molecule has 4 nitrogen and oxygen atoms in total. The van der Waals surface area contributed by atoms with Gasteiger partial charge in [-0.05, 0) is 36.4 Å². The van der Waals surface area contributed by atoms with Crippen molar-refractivity contribution in [1.29, 1.82) is 0 Å². The fraction of sp³-hybridized carbons (Fsp3) is 0.250. The average Bonchev–Trinajstić information content (AvgIpc) is 3.00. The van der Waals surface area contributed by atoms with E-state index >= 15 is 0 Å². The smallest absolute Gasteiger partial charge is 0.341 e. The van der Waals surface area contributed by atoms with Crippen LogP contribution in [-0.4, -0.2) is 23.5 Å². The third-order valence-corrected chi connectivity index (χ3v) is 3.95. The molecular formula is C16H16O4S. The third-order valence-electron chi connectivity index (χ3n) is 3.04. The molecule has 0 fully saturated rings. The highest BCUT2D eigenvalue weighted by molar-refractivity contribution is 7.12. The van der Waals surface area contributed by atoms with Crippen molar-refractivity contribution < 1.29 is 19.4 Å². The second-order valence-electron chi connectivity index (χ2n) is 4.61. The first kappa shape index (κ1) is 15.3. The largest absolute Gasteiger partial charge is 0.507 e. The summed E-state index contributed by atoms with van der Waals surface area (Å²) < 4.78 is 5.08. The normalized spacial score (nSPS) is 10.3. The van der Waals surface area contributed by atoms with Gasteiger partial charge in [0, 0.05) is 6.42 Å². The molecule has 110 valence electrons. The lowest BCUT2D eigenvalue weighted by Crippen LogP contribution is -2.08. The highest BCUT2D eigenvalue weighted by Crippen LogP contribution is 2.22. The van der Waals surface area contributed by atoms with Crippen molar-refractivity contribution in [2.75, 3.05) is 6.61 Å². The Labute approximate surface area is 127 Å². The lowest BCUT2D eigenvalue weighted by molar-refractivity contribution is 0.0491. The van der Waals surface area contributed by atoms with E-state index in [1.54, 1.807) is 25.1 Å². The van der Waals surface area contributed by atoms with Crippen LogP contribution in [0.3, 0.4) is 0 Å². The zero-order valence-corrected chi connectivity index (χ0v) is 12.5. The van der Waals surface area contributed by atoms with E-state index in [1.807, 2.05) is 11.4 Å². The summed E-state index contributed by atoms with van der Waals surface area (Å²) in [6.07, 6.45) is 0.808. The topological polar surface area (TPSA) is 63.6 Å². The zero-order chi connectivity index (χ0) is 15.2. The minimum absolute atomic E-state index is 0.0550. The van der Waals surface area contributed by atoms with Crippen LogP contribution in [0, 0.1) is 6.92 Å². The summed E-state index contributed by atoms with van der Waals surface area (Å²) >= 11 is 1.41. The lowest BCUT2D eigenvalue weighted by Gasteiger charge is -2.07. The van der Waals surface area contributed by atoms with Gasteiger partial charge in [0.2, 0.25) is 0 Å². The van der Waals surface area contributed by atoms with Gasteiger partial charge >= 0.3 is 5.97 Å². The average molecular weight is 304 g/mol. The summed E-state index contributed by atoms with van der Waals surface area (Å²) in [6.45, 7) is 1.87. The maximum Gasteiger partial charge on any atom is 0.341 e. The minimum atomic E-state index is -0.570. The molecule has 1 aromatic heterocycles. The number of phenolic OH excluding ortho intramolecular Hbond substituents is 1.